The highest BCUT2D eigenvalue weighted by atomic mass is 31.2. The molecule has 0 fully saturated rings. The third kappa shape index (κ3) is 40.2. The van der Waals surface area contributed by atoms with E-state index >= 15 is 0 Å². The van der Waals surface area contributed by atoms with E-state index < -0.39 is 51.8 Å². The van der Waals surface area contributed by atoms with Gasteiger partial charge in [-0.25, -0.2) is 4.57 Å². The van der Waals surface area contributed by atoms with E-state index in [2.05, 4.69) is 54.8 Å². The van der Waals surface area contributed by atoms with Crippen molar-refractivity contribution in [2.75, 3.05) is 26.4 Å². The first-order chi connectivity index (χ1) is 26.7. The molecular formula is C44H81O10P. The van der Waals surface area contributed by atoms with Gasteiger partial charge in [0.05, 0.1) is 19.8 Å². The quantitative estimate of drug-likeness (QED) is 0.0236. The van der Waals surface area contributed by atoms with Crippen LogP contribution in [0.15, 0.2) is 36.5 Å². The molecule has 0 aliphatic rings. The summed E-state index contributed by atoms with van der Waals surface area (Å²) in [5.74, 6) is -0.942. The number of allylic oxidation sites excluding steroid dienone is 6. The van der Waals surface area contributed by atoms with E-state index in [1.807, 2.05) is 0 Å². The summed E-state index contributed by atoms with van der Waals surface area (Å²) in [5.41, 5.74) is 0. The molecule has 10 nitrogen and oxygen atoms in total. The molecule has 0 aromatic heterocycles. The molecule has 0 aromatic carbocycles. The third-order valence-electron chi connectivity index (χ3n) is 9.27. The minimum absolute atomic E-state index is 0.174. The van der Waals surface area contributed by atoms with E-state index in [-0.39, 0.29) is 19.4 Å². The van der Waals surface area contributed by atoms with Crippen molar-refractivity contribution in [3.8, 4) is 0 Å². The Morgan fingerprint density at radius 1 is 0.545 bits per heavy atom. The Morgan fingerprint density at radius 2 is 0.945 bits per heavy atom. The molecule has 3 atom stereocenters. The lowest BCUT2D eigenvalue weighted by Gasteiger charge is -2.20. The van der Waals surface area contributed by atoms with Gasteiger partial charge in [0.1, 0.15) is 12.7 Å². The van der Waals surface area contributed by atoms with Gasteiger partial charge in [0, 0.05) is 12.8 Å². The lowest BCUT2D eigenvalue weighted by atomic mass is 10.1. The Labute approximate surface area is 335 Å². The average Bonchev–Trinajstić information content (AvgIpc) is 3.17. The minimum Gasteiger partial charge on any atom is -0.462 e. The zero-order chi connectivity index (χ0) is 40.5. The van der Waals surface area contributed by atoms with Crippen molar-refractivity contribution >= 4 is 19.8 Å². The molecule has 0 saturated carbocycles. The molecule has 0 heterocycles. The first-order valence-corrected chi connectivity index (χ1v) is 23.4. The van der Waals surface area contributed by atoms with Crippen molar-refractivity contribution in [1.29, 1.82) is 0 Å². The maximum Gasteiger partial charge on any atom is 0.472 e. The highest BCUT2D eigenvalue weighted by Crippen LogP contribution is 2.43. The van der Waals surface area contributed by atoms with Crippen molar-refractivity contribution < 1.29 is 47.8 Å². The van der Waals surface area contributed by atoms with Crippen LogP contribution in [0.25, 0.3) is 0 Å². The number of hydrogen-bond donors (Lipinski definition) is 3. The third-order valence-corrected chi connectivity index (χ3v) is 10.2. The number of rotatable bonds is 41. The highest BCUT2D eigenvalue weighted by Gasteiger charge is 2.27. The number of carbonyl (C=O) groups excluding carboxylic acids is 2. The molecule has 0 rings (SSSR count). The van der Waals surface area contributed by atoms with E-state index in [0.717, 1.165) is 77.0 Å². The number of unbranched alkanes of at least 4 members (excludes halogenated alkanes) is 21. The SMILES string of the molecule is CCCCCC/C=C\C/C=C\CCCCCCCCCC(=O)OC(COC(=O)CCCCCCC/C=C\CCCCCCC)COP(=O)(O)OCC(O)CO. The van der Waals surface area contributed by atoms with Crippen molar-refractivity contribution in [3.05, 3.63) is 36.5 Å². The standard InChI is InChI=1S/C44H81O10P/c1-3-5-7-9-11-13-15-17-19-20-21-22-24-26-28-30-32-34-36-44(48)54-42(40-53-55(49,50)52-38-41(46)37-45)39-51-43(47)35-33-31-29-27-25-23-18-16-14-12-10-8-6-4-2/h13,15-16,18-20,41-42,45-46H,3-12,14,17,21-40H2,1-2H3,(H,49,50)/b15-13-,18-16-,20-19-. The minimum atomic E-state index is -4.62. The number of phosphoric ester groups is 1. The molecule has 0 aromatic rings. The van der Waals surface area contributed by atoms with Gasteiger partial charge in [-0.1, -0.05) is 147 Å². The van der Waals surface area contributed by atoms with Crippen molar-refractivity contribution in [3.63, 3.8) is 0 Å². The molecule has 322 valence electrons. The van der Waals surface area contributed by atoms with E-state index in [9.17, 15) is 24.2 Å². The maximum absolute atomic E-state index is 12.6. The molecule has 11 heteroatoms. The zero-order valence-corrected chi connectivity index (χ0v) is 35.8. The van der Waals surface area contributed by atoms with Crippen LogP contribution in [-0.2, 0) is 32.7 Å². The summed E-state index contributed by atoms with van der Waals surface area (Å²) in [6.07, 6.45) is 41.0. The summed E-state index contributed by atoms with van der Waals surface area (Å²) in [6.45, 7) is 2.34. The van der Waals surface area contributed by atoms with Gasteiger partial charge >= 0.3 is 19.8 Å². The maximum atomic E-state index is 12.6. The fraction of sp³-hybridized carbons (Fsp3) is 0.818. The van der Waals surface area contributed by atoms with E-state index in [4.69, 9.17) is 19.1 Å². The molecule has 55 heavy (non-hydrogen) atoms. The fourth-order valence-corrected chi connectivity index (χ4v) is 6.63. The van der Waals surface area contributed by atoms with Crippen LogP contribution in [0, 0.1) is 0 Å². The lowest BCUT2D eigenvalue weighted by Crippen LogP contribution is -2.29. The highest BCUT2D eigenvalue weighted by molar-refractivity contribution is 7.47. The molecule has 0 aliphatic carbocycles. The van der Waals surface area contributed by atoms with Gasteiger partial charge in [-0.15, -0.1) is 0 Å². The summed E-state index contributed by atoms with van der Waals surface area (Å²) >= 11 is 0. The number of hydrogen-bond acceptors (Lipinski definition) is 9. The molecule has 0 radical (unpaired) electrons. The summed E-state index contributed by atoms with van der Waals surface area (Å²) in [6, 6.07) is 0. The second-order valence-corrected chi connectivity index (χ2v) is 16.2. The van der Waals surface area contributed by atoms with Gasteiger partial charge in [-0.2, -0.15) is 0 Å². The largest absolute Gasteiger partial charge is 0.472 e. The molecular weight excluding hydrogens is 719 g/mol. The summed E-state index contributed by atoms with van der Waals surface area (Å²) in [5, 5.41) is 18.3. The summed E-state index contributed by atoms with van der Waals surface area (Å²) < 4.78 is 32.7. The first kappa shape index (κ1) is 53.2. The number of aliphatic hydroxyl groups excluding tert-OH is 2. The number of ether oxygens (including phenoxy) is 2. The summed E-state index contributed by atoms with van der Waals surface area (Å²) in [4.78, 5) is 35.0. The Kier molecular flexibility index (Phi) is 39.1. The van der Waals surface area contributed by atoms with Gasteiger partial charge in [-0.3, -0.25) is 18.6 Å². The Morgan fingerprint density at radius 3 is 1.44 bits per heavy atom. The van der Waals surface area contributed by atoms with Crippen LogP contribution in [0.1, 0.15) is 194 Å². The van der Waals surface area contributed by atoms with E-state index in [1.54, 1.807) is 0 Å². The number of carbonyl (C=O) groups is 2. The second kappa shape index (κ2) is 40.4. The molecule has 0 spiro atoms. The second-order valence-electron chi connectivity index (χ2n) is 14.7. The molecule has 3 unspecified atom stereocenters. The van der Waals surface area contributed by atoms with Crippen molar-refractivity contribution in [1.82, 2.24) is 0 Å². The van der Waals surface area contributed by atoms with Gasteiger partial charge in [0.25, 0.3) is 0 Å². The molecule has 0 saturated heterocycles. The van der Waals surface area contributed by atoms with Crippen LogP contribution < -0.4 is 0 Å². The molecule has 0 amide bonds. The monoisotopic (exact) mass is 801 g/mol. The lowest BCUT2D eigenvalue weighted by molar-refractivity contribution is -0.161. The van der Waals surface area contributed by atoms with E-state index in [1.165, 1.54) is 77.0 Å². The topological polar surface area (TPSA) is 149 Å². The first-order valence-electron chi connectivity index (χ1n) is 21.9. The predicted octanol–water partition coefficient (Wildman–Crippen LogP) is 11.6. The van der Waals surface area contributed by atoms with Crippen LogP contribution in [0.5, 0.6) is 0 Å². The molecule has 0 bridgehead atoms. The predicted molar refractivity (Wildman–Crippen MR) is 224 cm³/mol. The average molecular weight is 801 g/mol. The Hall–Kier alpha value is -1.81. The van der Waals surface area contributed by atoms with Gasteiger partial charge < -0.3 is 24.6 Å². The van der Waals surface area contributed by atoms with Crippen LogP contribution in [0.4, 0.5) is 0 Å². The van der Waals surface area contributed by atoms with Gasteiger partial charge in [0.15, 0.2) is 6.10 Å². The fourth-order valence-electron chi connectivity index (χ4n) is 5.84. The normalized spacial score (nSPS) is 14.2. The molecule has 3 N–H and O–H groups in total. The van der Waals surface area contributed by atoms with Crippen LogP contribution in [0.3, 0.4) is 0 Å². The van der Waals surface area contributed by atoms with Crippen LogP contribution >= 0.6 is 7.82 Å². The number of phosphoric acid groups is 1. The Balaban J connectivity index is 4.31. The van der Waals surface area contributed by atoms with Crippen molar-refractivity contribution in [2.24, 2.45) is 0 Å². The smallest absolute Gasteiger partial charge is 0.462 e. The van der Waals surface area contributed by atoms with Crippen LogP contribution in [-0.4, -0.2) is 65.7 Å². The van der Waals surface area contributed by atoms with Crippen molar-refractivity contribution in [2.45, 2.75) is 206 Å². The van der Waals surface area contributed by atoms with Gasteiger partial charge in [0.2, 0.25) is 0 Å². The zero-order valence-electron chi connectivity index (χ0n) is 34.9. The number of esters is 2. The van der Waals surface area contributed by atoms with Crippen LogP contribution in [0.2, 0.25) is 0 Å². The van der Waals surface area contributed by atoms with E-state index in [0.29, 0.717) is 12.8 Å². The number of aliphatic hydroxyl groups is 2. The molecule has 0 aliphatic heterocycles. The van der Waals surface area contributed by atoms with Gasteiger partial charge in [-0.05, 0) is 70.6 Å². The Bertz CT molecular complexity index is 1010. The summed E-state index contributed by atoms with van der Waals surface area (Å²) in [7, 11) is -4.62.